The summed E-state index contributed by atoms with van der Waals surface area (Å²) in [6.07, 6.45) is 5.56. The van der Waals surface area contributed by atoms with Gasteiger partial charge in [0.1, 0.15) is 12.7 Å². The van der Waals surface area contributed by atoms with Crippen LogP contribution in [0.25, 0.3) is 0 Å². The minimum Gasteiger partial charge on any atom is -0.393 e. The highest BCUT2D eigenvalue weighted by Crippen LogP contribution is 1.93. The number of hydrogen-bond donors (Lipinski definition) is 4. The van der Waals surface area contributed by atoms with E-state index in [2.05, 4.69) is 36.1 Å². The lowest BCUT2D eigenvalue weighted by Gasteiger charge is -2.07. The lowest BCUT2D eigenvalue weighted by atomic mass is 10.3. The van der Waals surface area contributed by atoms with Crippen LogP contribution in [0.15, 0.2) is 44.3 Å². The molecule has 1 aliphatic rings. The van der Waals surface area contributed by atoms with Crippen LogP contribution in [0.4, 0.5) is 4.79 Å². The van der Waals surface area contributed by atoms with Gasteiger partial charge in [-0.2, -0.15) is 0 Å². The van der Waals surface area contributed by atoms with Crippen molar-refractivity contribution in [2.75, 3.05) is 28.2 Å². The van der Waals surface area contributed by atoms with Crippen molar-refractivity contribution in [1.29, 1.82) is 0 Å². The van der Waals surface area contributed by atoms with Crippen LogP contribution in [0, 0.1) is 0 Å². The van der Waals surface area contributed by atoms with E-state index in [-0.39, 0.29) is 11.5 Å². The first-order chi connectivity index (χ1) is 12.7. The fourth-order valence-electron chi connectivity index (χ4n) is 1.13. The first kappa shape index (κ1) is 23.1. The van der Waals surface area contributed by atoms with Crippen molar-refractivity contribution < 1.29 is 14.8 Å². The van der Waals surface area contributed by atoms with Crippen molar-refractivity contribution in [3.05, 3.63) is 18.7 Å². The van der Waals surface area contributed by atoms with Crippen LogP contribution in [0.3, 0.4) is 0 Å². The Labute approximate surface area is 154 Å². The maximum atomic E-state index is 10.7. The maximum absolute atomic E-state index is 10.7. The Balaban J connectivity index is 0.000000413. The number of nitrogens with one attached hydrogen (secondary N) is 1. The number of amides is 2. The fourth-order valence-corrected chi connectivity index (χ4v) is 1.13. The third kappa shape index (κ3) is 10.6. The first-order valence-electron chi connectivity index (χ1n) is 7.10. The van der Waals surface area contributed by atoms with Crippen LogP contribution in [0.1, 0.15) is 0 Å². The number of nitrogens with two attached hydrogens (primary N) is 2. The molecule has 0 aliphatic carbocycles. The van der Waals surface area contributed by atoms with Gasteiger partial charge in [-0.15, -0.1) is 5.10 Å². The van der Waals surface area contributed by atoms with E-state index in [1.807, 2.05) is 0 Å². The number of primary amides is 2. The van der Waals surface area contributed by atoms with E-state index in [0.717, 1.165) is 0 Å². The van der Waals surface area contributed by atoms with Gasteiger partial charge in [0.15, 0.2) is 5.71 Å². The van der Waals surface area contributed by atoms with Crippen LogP contribution >= 0.6 is 0 Å². The molecule has 0 atom stereocenters. The zero-order valence-corrected chi connectivity index (χ0v) is 15.3. The molecule has 0 aromatic carbocycles. The molecule has 0 unspecified atom stereocenters. The highest BCUT2D eigenvalue weighted by atomic mass is 16.5. The number of aliphatic imine (C=N–C) groups is 2. The standard InChI is InChI=1S/C6H10N6O.C4H5N3O.C2H7N3O/c1-12(2)11-10-6-4(5(7)13)8-3-9-6;5-4(8)7-2-1-6-3-7;1-5(2)3-4-6/h3,11H,1-2H3,(H2,7,13);1-3H,(H2,5,8);1-2H3,(H,3,6)/b10-6-;;. The number of hydrazine groups is 1. The maximum Gasteiger partial charge on any atom is 0.324 e. The van der Waals surface area contributed by atoms with Crippen LogP contribution in [-0.4, -0.2) is 82.8 Å². The van der Waals surface area contributed by atoms with E-state index in [9.17, 15) is 9.59 Å². The third-order valence-electron chi connectivity index (χ3n) is 2.15. The van der Waals surface area contributed by atoms with Gasteiger partial charge in [0.05, 0.1) is 0 Å². The number of aromatic nitrogens is 2. The molecular weight excluding hydrogens is 360 g/mol. The molecule has 1 aromatic heterocycles. The van der Waals surface area contributed by atoms with Gasteiger partial charge < -0.3 is 16.7 Å². The summed E-state index contributed by atoms with van der Waals surface area (Å²) < 4.78 is 1.19. The largest absolute Gasteiger partial charge is 0.393 e. The summed E-state index contributed by atoms with van der Waals surface area (Å²) in [5.74, 6) is -0.446. The molecule has 1 aliphatic heterocycles. The van der Waals surface area contributed by atoms with Gasteiger partial charge in [0, 0.05) is 45.9 Å². The van der Waals surface area contributed by atoms with Crippen molar-refractivity contribution in [2.24, 2.45) is 37.1 Å². The van der Waals surface area contributed by atoms with Crippen molar-refractivity contribution >= 4 is 29.8 Å². The Morgan fingerprint density at radius 2 is 1.93 bits per heavy atom. The third-order valence-corrected chi connectivity index (χ3v) is 2.15. The minimum atomic E-state index is -0.642. The van der Waals surface area contributed by atoms with E-state index >= 15 is 0 Å². The van der Waals surface area contributed by atoms with Crippen molar-refractivity contribution in [2.45, 2.75) is 0 Å². The quantitative estimate of drug-likeness (QED) is 0.356. The van der Waals surface area contributed by atoms with Gasteiger partial charge in [-0.05, 0) is 5.22 Å². The zero-order valence-electron chi connectivity index (χ0n) is 15.3. The van der Waals surface area contributed by atoms with Gasteiger partial charge in [0.2, 0.25) is 5.84 Å². The summed E-state index contributed by atoms with van der Waals surface area (Å²) in [4.78, 5) is 32.0. The van der Waals surface area contributed by atoms with Crippen molar-refractivity contribution in [1.82, 2.24) is 25.1 Å². The number of carbonyl (C=O) groups excluding carboxylic acids is 2. The number of imidazole rings is 1. The predicted octanol–water partition coefficient (Wildman–Crippen LogP) is -1.55. The second-order valence-electron chi connectivity index (χ2n) is 4.85. The monoisotopic (exact) mass is 382 g/mol. The average Bonchev–Trinajstić information content (AvgIpc) is 3.25. The molecule has 0 radical (unpaired) electrons. The lowest BCUT2D eigenvalue weighted by molar-refractivity contribution is -0.111. The Hall–Kier alpha value is -3.88. The Morgan fingerprint density at radius 1 is 1.26 bits per heavy atom. The van der Waals surface area contributed by atoms with Gasteiger partial charge in [-0.3, -0.25) is 14.4 Å². The van der Waals surface area contributed by atoms with E-state index in [1.165, 1.54) is 34.6 Å². The molecule has 27 heavy (non-hydrogen) atoms. The molecule has 0 saturated heterocycles. The van der Waals surface area contributed by atoms with Gasteiger partial charge in [0.25, 0.3) is 5.91 Å². The molecular formula is C12H22N12O3. The predicted molar refractivity (Wildman–Crippen MR) is 96.9 cm³/mol. The summed E-state index contributed by atoms with van der Waals surface area (Å²) in [6, 6.07) is -0.512. The average molecular weight is 382 g/mol. The molecule has 0 spiro atoms. The molecule has 1 aromatic rings. The molecule has 0 bridgehead atoms. The molecule has 15 heteroatoms. The fraction of sp³-hybridized carbons (Fsp3) is 0.333. The second-order valence-corrected chi connectivity index (χ2v) is 4.85. The number of hydrazone groups is 1. The van der Waals surface area contributed by atoms with Gasteiger partial charge >= 0.3 is 6.03 Å². The van der Waals surface area contributed by atoms with Crippen LogP contribution in [0.5, 0.6) is 0 Å². The normalized spacial score (nSPS) is 13.5. The zero-order chi connectivity index (χ0) is 20.8. The summed E-state index contributed by atoms with van der Waals surface area (Å²) in [7, 11) is 6.84. The minimum absolute atomic E-state index is 0.0642. The smallest absolute Gasteiger partial charge is 0.324 e. The SMILES string of the molecule is CN(C)N/N=C1\N=CN=C1C(N)=O.CN(C)N=NO.NC(=O)n1ccnc1. The molecule has 0 fully saturated rings. The highest BCUT2D eigenvalue weighted by Gasteiger charge is 2.17. The molecule has 6 N–H and O–H groups in total. The van der Waals surface area contributed by atoms with Crippen molar-refractivity contribution in [3.8, 4) is 0 Å². The van der Waals surface area contributed by atoms with E-state index in [0.29, 0.717) is 0 Å². The number of amidine groups is 1. The van der Waals surface area contributed by atoms with Crippen LogP contribution in [0.2, 0.25) is 0 Å². The topological polar surface area (TPSA) is 205 Å². The molecule has 2 amide bonds. The lowest BCUT2D eigenvalue weighted by Crippen LogP contribution is -2.32. The number of nitrogens with zero attached hydrogens (tertiary/aromatic N) is 9. The summed E-state index contributed by atoms with van der Waals surface area (Å²) in [5.41, 5.74) is 12.5. The Kier molecular flexibility index (Phi) is 10.7. The highest BCUT2D eigenvalue weighted by molar-refractivity contribution is 6.68. The van der Waals surface area contributed by atoms with Crippen LogP contribution in [-0.2, 0) is 4.79 Å². The molecule has 15 nitrogen and oxygen atoms in total. The number of hydrogen-bond acceptors (Lipinski definition) is 9. The Bertz CT molecular complexity index is 705. The summed E-state index contributed by atoms with van der Waals surface area (Å²) in [5, 5.41) is 20.1. The van der Waals surface area contributed by atoms with Crippen molar-refractivity contribution in [3.63, 3.8) is 0 Å². The van der Waals surface area contributed by atoms with Crippen LogP contribution < -0.4 is 17.0 Å². The van der Waals surface area contributed by atoms with Gasteiger partial charge in [-0.1, -0.05) is 0 Å². The number of rotatable bonds is 4. The van der Waals surface area contributed by atoms with E-state index in [4.69, 9.17) is 16.7 Å². The second kappa shape index (κ2) is 12.5. The van der Waals surface area contributed by atoms with E-state index in [1.54, 1.807) is 33.2 Å². The first-order valence-corrected chi connectivity index (χ1v) is 7.10. The number of carbonyl (C=O) groups is 2. The van der Waals surface area contributed by atoms with E-state index < -0.39 is 11.9 Å². The molecule has 2 rings (SSSR count). The summed E-state index contributed by atoms with van der Waals surface area (Å²) in [6.45, 7) is 0. The van der Waals surface area contributed by atoms with Gasteiger partial charge in [-0.25, -0.2) is 30.3 Å². The summed E-state index contributed by atoms with van der Waals surface area (Å²) >= 11 is 0. The molecule has 2 heterocycles. The Morgan fingerprint density at radius 3 is 2.26 bits per heavy atom. The molecule has 0 saturated carbocycles. The molecule has 148 valence electrons.